The monoisotopic (exact) mass is 237 g/mol. The van der Waals surface area contributed by atoms with Crippen LogP contribution in [0.4, 0.5) is 0 Å². The van der Waals surface area contributed by atoms with Crippen LogP contribution in [0, 0.1) is 0 Å². The minimum Gasteiger partial charge on any atom is -0.395 e. The SMILES string of the molecule is COCC(=O)N(CCO)CCc1ccccc1. The smallest absolute Gasteiger partial charge is 0.248 e. The van der Waals surface area contributed by atoms with E-state index in [-0.39, 0.29) is 19.1 Å². The lowest BCUT2D eigenvalue weighted by Gasteiger charge is -2.21. The van der Waals surface area contributed by atoms with Gasteiger partial charge >= 0.3 is 0 Å². The molecule has 1 rings (SSSR count). The number of nitrogens with zero attached hydrogens (tertiary/aromatic N) is 1. The Morgan fingerprint density at radius 3 is 2.59 bits per heavy atom. The van der Waals surface area contributed by atoms with E-state index in [1.54, 1.807) is 4.90 Å². The summed E-state index contributed by atoms with van der Waals surface area (Å²) in [7, 11) is 1.49. The fraction of sp³-hybridized carbons (Fsp3) is 0.462. The summed E-state index contributed by atoms with van der Waals surface area (Å²) in [5, 5.41) is 8.92. The number of hydrogen-bond acceptors (Lipinski definition) is 3. The molecule has 0 unspecified atom stereocenters. The second-order valence-electron chi connectivity index (χ2n) is 3.77. The van der Waals surface area contributed by atoms with Crippen LogP contribution in [0.5, 0.6) is 0 Å². The third-order valence-electron chi connectivity index (χ3n) is 2.50. The molecule has 17 heavy (non-hydrogen) atoms. The second-order valence-corrected chi connectivity index (χ2v) is 3.77. The molecule has 0 fully saturated rings. The quantitative estimate of drug-likeness (QED) is 0.759. The molecule has 1 amide bonds. The summed E-state index contributed by atoms with van der Waals surface area (Å²) in [5.41, 5.74) is 1.18. The zero-order valence-electron chi connectivity index (χ0n) is 10.1. The molecule has 0 heterocycles. The zero-order valence-corrected chi connectivity index (χ0v) is 10.1. The van der Waals surface area contributed by atoms with Gasteiger partial charge in [-0.2, -0.15) is 0 Å². The number of amides is 1. The van der Waals surface area contributed by atoms with Gasteiger partial charge in [-0.05, 0) is 12.0 Å². The van der Waals surface area contributed by atoms with Crippen LogP contribution < -0.4 is 0 Å². The molecule has 0 saturated heterocycles. The number of ether oxygens (including phenoxy) is 1. The molecule has 0 bridgehead atoms. The summed E-state index contributed by atoms with van der Waals surface area (Å²) in [6.07, 6.45) is 0.788. The topological polar surface area (TPSA) is 49.8 Å². The van der Waals surface area contributed by atoms with Gasteiger partial charge in [0.05, 0.1) is 6.61 Å². The van der Waals surface area contributed by atoms with E-state index in [1.165, 1.54) is 12.7 Å². The number of hydrogen-bond donors (Lipinski definition) is 1. The van der Waals surface area contributed by atoms with E-state index in [0.717, 1.165) is 6.42 Å². The van der Waals surface area contributed by atoms with Gasteiger partial charge in [0.1, 0.15) is 6.61 Å². The van der Waals surface area contributed by atoms with Crippen molar-refractivity contribution in [3.63, 3.8) is 0 Å². The van der Waals surface area contributed by atoms with Gasteiger partial charge in [0.15, 0.2) is 0 Å². The summed E-state index contributed by atoms with van der Waals surface area (Å²) < 4.78 is 4.81. The maximum Gasteiger partial charge on any atom is 0.248 e. The summed E-state index contributed by atoms with van der Waals surface area (Å²) in [6, 6.07) is 9.96. The lowest BCUT2D eigenvalue weighted by molar-refractivity contribution is -0.135. The van der Waals surface area contributed by atoms with Crippen LogP contribution in [-0.4, -0.2) is 49.3 Å². The average Bonchev–Trinajstić information content (AvgIpc) is 2.36. The van der Waals surface area contributed by atoms with Crippen molar-refractivity contribution in [3.8, 4) is 0 Å². The van der Waals surface area contributed by atoms with Crippen LogP contribution in [0.2, 0.25) is 0 Å². The Bertz CT molecular complexity index is 327. The maximum atomic E-state index is 11.6. The van der Waals surface area contributed by atoms with Gasteiger partial charge in [0, 0.05) is 20.2 Å². The van der Waals surface area contributed by atoms with E-state index >= 15 is 0 Å². The molecule has 0 aliphatic heterocycles. The van der Waals surface area contributed by atoms with Gasteiger partial charge in [-0.25, -0.2) is 0 Å². The number of methoxy groups -OCH3 is 1. The number of carbonyl (C=O) groups is 1. The van der Waals surface area contributed by atoms with Crippen LogP contribution in [0.1, 0.15) is 5.56 Å². The molecule has 4 heteroatoms. The Kier molecular flexibility index (Phi) is 6.29. The first-order valence-electron chi connectivity index (χ1n) is 5.69. The van der Waals surface area contributed by atoms with Crippen molar-refractivity contribution in [2.75, 3.05) is 33.4 Å². The predicted octanol–water partition coefficient (Wildman–Crippen LogP) is 0.696. The first kappa shape index (κ1) is 13.7. The molecule has 1 aromatic rings. The highest BCUT2D eigenvalue weighted by Gasteiger charge is 2.12. The Hall–Kier alpha value is -1.39. The molecule has 0 radical (unpaired) electrons. The van der Waals surface area contributed by atoms with Crippen LogP contribution >= 0.6 is 0 Å². The standard InChI is InChI=1S/C13H19NO3/c1-17-11-13(16)14(9-10-15)8-7-12-5-3-2-4-6-12/h2-6,15H,7-11H2,1H3. The van der Waals surface area contributed by atoms with Crippen molar-refractivity contribution in [2.24, 2.45) is 0 Å². The molecule has 0 spiro atoms. The van der Waals surface area contributed by atoms with Crippen molar-refractivity contribution in [1.82, 2.24) is 4.90 Å². The highest BCUT2D eigenvalue weighted by molar-refractivity contribution is 5.77. The third-order valence-corrected chi connectivity index (χ3v) is 2.50. The van der Waals surface area contributed by atoms with Gasteiger partial charge in [0.2, 0.25) is 5.91 Å². The van der Waals surface area contributed by atoms with E-state index in [1.807, 2.05) is 30.3 Å². The van der Waals surface area contributed by atoms with Crippen LogP contribution in [0.15, 0.2) is 30.3 Å². The van der Waals surface area contributed by atoms with E-state index in [2.05, 4.69) is 0 Å². The third kappa shape index (κ3) is 4.97. The molecule has 0 aliphatic carbocycles. The lowest BCUT2D eigenvalue weighted by Crippen LogP contribution is -2.37. The first-order valence-corrected chi connectivity index (χ1v) is 5.69. The van der Waals surface area contributed by atoms with E-state index in [4.69, 9.17) is 9.84 Å². The number of benzene rings is 1. The molecule has 1 aromatic carbocycles. The van der Waals surface area contributed by atoms with Crippen molar-refractivity contribution in [2.45, 2.75) is 6.42 Å². The van der Waals surface area contributed by atoms with Crippen molar-refractivity contribution >= 4 is 5.91 Å². The van der Waals surface area contributed by atoms with Crippen LogP contribution in [-0.2, 0) is 16.0 Å². The molecule has 0 saturated carbocycles. The average molecular weight is 237 g/mol. The minimum absolute atomic E-state index is 0.0236. The predicted molar refractivity (Wildman–Crippen MR) is 65.7 cm³/mol. The summed E-state index contributed by atoms with van der Waals surface area (Å²) in [5.74, 6) is -0.0857. The van der Waals surface area contributed by atoms with E-state index in [9.17, 15) is 4.79 Å². The first-order chi connectivity index (χ1) is 8.27. The van der Waals surface area contributed by atoms with Gasteiger partial charge in [-0.15, -0.1) is 0 Å². The van der Waals surface area contributed by atoms with E-state index in [0.29, 0.717) is 13.1 Å². The van der Waals surface area contributed by atoms with Gasteiger partial charge < -0.3 is 14.7 Å². The van der Waals surface area contributed by atoms with Crippen LogP contribution in [0.3, 0.4) is 0 Å². The fourth-order valence-corrected chi connectivity index (χ4v) is 1.61. The number of aliphatic hydroxyl groups is 1. The Labute approximate surface area is 102 Å². The number of aliphatic hydroxyl groups excluding tert-OH is 1. The normalized spacial score (nSPS) is 10.2. The van der Waals surface area contributed by atoms with Crippen molar-refractivity contribution < 1.29 is 14.6 Å². The van der Waals surface area contributed by atoms with Crippen LogP contribution in [0.25, 0.3) is 0 Å². The molecule has 1 N–H and O–H groups in total. The largest absolute Gasteiger partial charge is 0.395 e. The van der Waals surface area contributed by atoms with Crippen molar-refractivity contribution in [3.05, 3.63) is 35.9 Å². The van der Waals surface area contributed by atoms with E-state index < -0.39 is 0 Å². The Morgan fingerprint density at radius 1 is 1.29 bits per heavy atom. The molecule has 94 valence electrons. The lowest BCUT2D eigenvalue weighted by atomic mass is 10.1. The summed E-state index contributed by atoms with van der Waals surface area (Å²) in [4.78, 5) is 13.3. The second kappa shape index (κ2) is 7.81. The number of carbonyl (C=O) groups excluding carboxylic acids is 1. The number of rotatable bonds is 7. The molecule has 0 aliphatic rings. The Morgan fingerprint density at radius 2 is 2.00 bits per heavy atom. The molecule has 0 atom stereocenters. The Balaban J connectivity index is 2.47. The molecular formula is C13H19NO3. The van der Waals surface area contributed by atoms with Gasteiger partial charge in [-0.3, -0.25) is 4.79 Å². The highest BCUT2D eigenvalue weighted by atomic mass is 16.5. The molecule has 4 nitrogen and oxygen atoms in total. The zero-order chi connectivity index (χ0) is 12.5. The maximum absolute atomic E-state index is 11.6. The molecule has 0 aromatic heterocycles. The summed E-state index contributed by atoms with van der Waals surface area (Å²) in [6.45, 7) is 1.00. The molecular weight excluding hydrogens is 218 g/mol. The summed E-state index contributed by atoms with van der Waals surface area (Å²) >= 11 is 0. The minimum atomic E-state index is -0.0857. The van der Waals surface area contributed by atoms with Crippen molar-refractivity contribution in [1.29, 1.82) is 0 Å². The van der Waals surface area contributed by atoms with Gasteiger partial charge in [-0.1, -0.05) is 30.3 Å². The fourth-order valence-electron chi connectivity index (χ4n) is 1.61. The highest BCUT2D eigenvalue weighted by Crippen LogP contribution is 2.02. The van der Waals surface area contributed by atoms with Gasteiger partial charge in [0.25, 0.3) is 0 Å².